The van der Waals surface area contributed by atoms with E-state index in [4.69, 9.17) is 0 Å². The minimum Gasteiger partial charge on any atom is -0.316 e. The molecule has 1 saturated carbocycles. The summed E-state index contributed by atoms with van der Waals surface area (Å²) in [5.41, 5.74) is 1.72. The molecule has 0 spiro atoms. The average Bonchev–Trinajstić information content (AvgIpc) is 3.15. The summed E-state index contributed by atoms with van der Waals surface area (Å²) < 4.78 is 13.0. The highest BCUT2D eigenvalue weighted by Gasteiger charge is 2.47. The SMILES string of the molecule is CC1(C2CC2)CCNCC1c1ccc(F)cc1. The van der Waals surface area contributed by atoms with Crippen LogP contribution in [0.3, 0.4) is 0 Å². The summed E-state index contributed by atoms with van der Waals surface area (Å²) >= 11 is 0. The van der Waals surface area contributed by atoms with Crippen LogP contribution in [0, 0.1) is 17.2 Å². The summed E-state index contributed by atoms with van der Waals surface area (Å²) in [5.74, 6) is 1.30. The van der Waals surface area contributed by atoms with Gasteiger partial charge in [0.1, 0.15) is 5.82 Å². The van der Waals surface area contributed by atoms with E-state index < -0.39 is 0 Å². The number of rotatable bonds is 2. The molecule has 0 radical (unpaired) electrons. The van der Waals surface area contributed by atoms with Gasteiger partial charge in [0.05, 0.1) is 0 Å². The van der Waals surface area contributed by atoms with Crippen molar-refractivity contribution in [3.63, 3.8) is 0 Å². The first-order valence-corrected chi connectivity index (χ1v) is 6.66. The standard InChI is InChI=1S/C15H20FN/c1-15(12-4-5-12)8-9-17-10-14(15)11-2-6-13(16)7-3-11/h2-3,6-7,12,14,17H,4-5,8-10H2,1H3. The normalized spacial score (nSPS) is 33.6. The van der Waals surface area contributed by atoms with Gasteiger partial charge in [0.15, 0.2) is 0 Å². The molecule has 0 bridgehead atoms. The van der Waals surface area contributed by atoms with Crippen LogP contribution in [0.1, 0.15) is 37.7 Å². The molecule has 2 unspecified atom stereocenters. The fourth-order valence-electron chi connectivity index (χ4n) is 3.44. The Bertz CT molecular complexity index is 396. The summed E-state index contributed by atoms with van der Waals surface area (Å²) in [7, 11) is 0. The van der Waals surface area contributed by atoms with Gasteiger partial charge in [0.25, 0.3) is 0 Å². The topological polar surface area (TPSA) is 12.0 Å². The van der Waals surface area contributed by atoms with Gasteiger partial charge in [-0.05, 0) is 54.8 Å². The van der Waals surface area contributed by atoms with Crippen molar-refractivity contribution >= 4 is 0 Å². The molecule has 1 aliphatic heterocycles. The molecule has 2 fully saturated rings. The fraction of sp³-hybridized carbons (Fsp3) is 0.600. The van der Waals surface area contributed by atoms with Crippen LogP contribution < -0.4 is 5.32 Å². The second-order valence-electron chi connectivity index (χ2n) is 5.84. The molecule has 92 valence electrons. The Morgan fingerprint density at radius 1 is 1.24 bits per heavy atom. The lowest BCUT2D eigenvalue weighted by Crippen LogP contribution is -2.43. The fourth-order valence-corrected chi connectivity index (χ4v) is 3.44. The first-order valence-electron chi connectivity index (χ1n) is 6.66. The Labute approximate surface area is 102 Å². The van der Waals surface area contributed by atoms with E-state index >= 15 is 0 Å². The van der Waals surface area contributed by atoms with Crippen LogP contribution in [0.2, 0.25) is 0 Å². The van der Waals surface area contributed by atoms with Crippen LogP contribution in [-0.4, -0.2) is 13.1 Å². The molecule has 1 aromatic carbocycles. The maximum Gasteiger partial charge on any atom is 0.123 e. The van der Waals surface area contributed by atoms with Gasteiger partial charge in [0, 0.05) is 12.5 Å². The maximum absolute atomic E-state index is 13.0. The van der Waals surface area contributed by atoms with Crippen molar-refractivity contribution in [1.29, 1.82) is 0 Å². The van der Waals surface area contributed by atoms with Gasteiger partial charge in [-0.25, -0.2) is 4.39 Å². The summed E-state index contributed by atoms with van der Waals surface area (Å²) in [5, 5.41) is 3.49. The van der Waals surface area contributed by atoms with Crippen molar-refractivity contribution in [3.05, 3.63) is 35.6 Å². The third-order valence-corrected chi connectivity index (χ3v) is 4.77. The van der Waals surface area contributed by atoms with Gasteiger partial charge in [0.2, 0.25) is 0 Å². The molecule has 3 rings (SSSR count). The Morgan fingerprint density at radius 3 is 2.59 bits per heavy atom. The van der Waals surface area contributed by atoms with Crippen LogP contribution in [0.5, 0.6) is 0 Å². The van der Waals surface area contributed by atoms with Gasteiger partial charge >= 0.3 is 0 Å². The smallest absolute Gasteiger partial charge is 0.123 e. The van der Waals surface area contributed by atoms with E-state index in [9.17, 15) is 4.39 Å². The lowest BCUT2D eigenvalue weighted by atomic mass is 9.66. The summed E-state index contributed by atoms with van der Waals surface area (Å²) in [6.07, 6.45) is 4.02. The van der Waals surface area contributed by atoms with E-state index in [-0.39, 0.29) is 5.82 Å². The molecule has 2 atom stereocenters. The number of halogens is 1. The van der Waals surface area contributed by atoms with E-state index in [0.29, 0.717) is 11.3 Å². The first-order chi connectivity index (χ1) is 8.20. The van der Waals surface area contributed by atoms with E-state index in [1.54, 1.807) is 12.1 Å². The van der Waals surface area contributed by atoms with Gasteiger partial charge in [-0.15, -0.1) is 0 Å². The van der Waals surface area contributed by atoms with Crippen LogP contribution in [0.25, 0.3) is 0 Å². The third-order valence-electron chi connectivity index (χ3n) is 4.77. The van der Waals surface area contributed by atoms with E-state index in [1.165, 1.54) is 24.8 Å². The van der Waals surface area contributed by atoms with Gasteiger partial charge < -0.3 is 5.32 Å². The lowest BCUT2D eigenvalue weighted by molar-refractivity contribution is 0.154. The highest BCUT2D eigenvalue weighted by molar-refractivity contribution is 5.25. The molecule has 2 heteroatoms. The second kappa shape index (κ2) is 4.09. The third kappa shape index (κ3) is 1.99. The summed E-state index contributed by atoms with van der Waals surface area (Å²) in [6.45, 7) is 4.60. The molecule has 17 heavy (non-hydrogen) atoms. The number of nitrogens with one attached hydrogen (secondary N) is 1. The molecular formula is C15H20FN. The Balaban J connectivity index is 1.90. The van der Waals surface area contributed by atoms with Gasteiger partial charge in [-0.2, -0.15) is 0 Å². The van der Waals surface area contributed by atoms with Crippen molar-refractivity contribution in [1.82, 2.24) is 5.32 Å². The number of piperidine rings is 1. The first kappa shape index (κ1) is 11.2. The quantitative estimate of drug-likeness (QED) is 0.826. The van der Waals surface area contributed by atoms with E-state index in [2.05, 4.69) is 12.2 Å². The minimum atomic E-state index is -0.134. The van der Waals surface area contributed by atoms with Crippen LogP contribution >= 0.6 is 0 Å². The van der Waals surface area contributed by atoms with Crippen molar-refractivity contribution in [2.75, 3.05) is 13.1 Å². The Morgan fingerprint density at radius 2 is 1.94 bits per heavy atom. The molecule has 1 aromatic rings. The average molecular weight is 233 g/mol. The summed E-state index contributed by atoms with van der Waals surface area (Å²) in [4.78, 5) is 0. The highest BCUT2D eigenvalue weighted by atomic mass is 19.1. The predicted octanol–water partition coefficient (Wildman–Crippen LogP) is 3.32. The van der Waals surface area contributed by atoms with Crippen molar-refractivity contribution in [2.45, 2.75) is 32.1 Å². The van der Waals surface area contributed by atoms with Crippen molar-refractivity contribution < 1.29 is 4.39 Å². The molecule has 1 saturated heterocycles. The van der Waals surface area contributed by atoms with Crippen LogP contribution in [-0.2, 0) is 0 Å². The van der Waals surface area contributed by atoms with E-state index in [0.717, 1.165) is 19.0 Å². The minimum absolute atomic E-state index is 0.134. The van der Waals surface area contributed by atoms with Crippen molar-refractivity contribution in [3.8, 4) is 0 Å². The highest BCUT2D eigenvalue weighted by Crippen LogP contribution is 2.55. The Hall–Kier alpha value is -0.890. The molecule has 0 aromatic heterocycles. The number of hydrogen-bond acceptors (Lipinski definition) is 1. The Kier molecular flexibility index (Phi) is 2.70. The zero-order valence-corrected chi connectivity index (χ0v) is 10.4. The van der Waals surface area contributed by atoms with Crippen LogP contribution in [0.15, 0.2) is 24.3 Å². The molecule has 2 aliphatic rings. The second-order valence-corrected chi connectivity index (χ2v) is 5.84. The van der Waals surface area contributed by atoms with Crippen LogP contribution in [0.4, 0.5) is 4.39 Å². The monoisotopic (exact) mass is 233 g/mol. The molecule has 1 aliphatic carbocycles. The number of hydrogen-bond donors (Lipinski definition) is 1. The lowest BCUT2D eigenvalue weighted by Gasteiger charge is -2.43. The molecule has 1 heterocycles. The van der Waals surface area contributed by atoms with Gasteiger partial charge in [-0.1, -0.05) is 19.1 Å². The zero-order valence-electron chi connectivity index (χ0n) is 10.4. The van der Waals surface area contributed by atoms with E-state index in [1.807, 2.05) is 12.1 Å². The van der Waals surface area contributed by atoms with Crippen molar-refractivity contribution in [2.24, 2.45) is 11.3 Å². The number of benzene rings is 1. The summed E-state index contributed by atoms with van der Waals surface area (Å²) in [6, 6.07) is 7.12. The maximum atomic E-state index is 13.0. The molecule has 1 N–H and O–H groups in total. The zero-order chi connectivity index (χ0) is 11.9. The molecule has 1 nitrogen and oxygen atoms in total. The molecular weight excluding hydrogens is 213 g/mol. The van der Waals surface area contributed by atoms with Gasteiger partial charge in [-0.3, -0.25) is 0 Å². The predicted molar refractivity (Wildman–Crippen MR) is 67.5 cm³/mol. The largest absolute Gasteiger partial charge is 0.316 e. The molecule has 0 amide bonds.